The Hall–Kier alpha value is -2.70. The second kappa shape index (κ2) is 6.97. The first-order valence-electron chi connectivity index (χ1n) is 9.02. The summed E-state index contributed by atoms with van der Waals surface area (Å²) < 4.78 is 7.17. The fourth-order valence-corrected chi connectivity index (χ4v) is 4.34. The topological polar surface area (TPSA) is 96.9 Å². The Labute approximate surface area is 176 Å². The molecule has 1 aliphatic rings. The highest BCUT2D eigenvalue weighted by Crippen LogP contribution is 2.36. The monoisotopic (exact) mass is 430 g/mol. The van der Waals surface area contributed by atoms with Crippen LogP contribution in [0.25, 0.3) is 21.5 Å². The second-order valence-electron chi connectivity index (χ2n) is 8.05. The van der Waals surface area contributed by atoms with Crippen molar-refractivity contribution in [1.82, 2.24) is 24.6 Å². The Balaban J connectivity index is 1.61. The van der Waals surface area contributed by atoms with E-state index in [2.05, 4.69) is 21.1 Å². The van der Waals surface area contributed by atoms with Gasteiger partial charge in [0.2, 0.25) is 5.28 Å². The lowest BCUT2D eigenvalue weighted by Crippen LogP contribution is -2.64. The fraction of sp³-hybridized carbons (Fsp3) is 0.421. The molecular weight excluding hydrogens is 412 g/mol. The average Bonchev–Trinajstić information content (AvgIpc) is 3.24. The molecule has 0 N–H and O–H groups in total. The van der Waals surface area contributed by atoms with E-state index in [1.165, 1.54) is 11.3 Å². The summed E-state index contributed by atoms with van der Waals surface area (Å²) in [7, 11) is 0. The molecule has 1 saturated heterocycles. The van der Waals surface area contributed by atoms with Gasteiger partial charge in [0.1, 0.15) is 16.0 Å². The number of carbonyl (C=O) groups is 1. The summed E-state index contributed by atoms with van der Waals surface area (Å²) in [5, 5.41) is 16.8. The van der Waals surface area contributed by atoms with Gasteiger partial charge in [0, 0.05) is 17.1 Å². The molecule has 0 atom stereocenters. The van der Waals surface area contributed by atoms with Crippen molar-refractivity contribution in [3.63, 3.8) is 0 Å². The number of thiophene rings is 1. The minimum absolute atomic E-state index is 0.175. The summed E-state index contributed by atoms with van der Waals surface area (Å²) in [4.78, 5) is 23.3. The van der Waals surface area contributed by atoms with Crippen molar-refractivity contribution in [2.45, 2.75) is 38.3 Å². The first kappa shape index (κ1) is 19.6. The normalized spacial score (nSPS) is 15.8. The minimum atomic E-state index is -0.589. The molecule has 10 heteroatoms. The summed E-state index contributed by atoms with van der Waals surface area (Å²) >= 11 is 7.57. The smallest absolute Gasteiger partial charge is 0.410 e. The quantitative estimate of drug-likeness (QED) is 0.581. The van der Waals surface area contributed by atoms with E-state index < -0.39 is 11.1 Å². The Morgan fingerprint density at radius 2 is 2.17 bits per heavy atom. The van der Waals surface area contributed by atoms with Crippen molar-refractivity contribution in [3.8, 4) is 17.3 Å². The SMILES string of the molecule is CC(C)(C)OC(=O)N1CC(CC#N)(n2cc(-c3nc(Cl)nc4sccc34)cn2)C1. The van der Waals surface area contributed by atoms with E-state index in [9.17, 15) is 10.1 Å². The number of hydrogen-bond acceptors (Lipinski definition) is 7. The molecule has 1 aliphatic heterocycles. The molecule has 0 aromatic carbocycles. The van der Waals surface area contributed by atoms with Crippen molar-refractivity contribution >= 4 is 39.2 Å². The number of hydrogen-bond donors (Lipinski definition) is 0. The highest BCUT2D eigenvalue weighted by atomic mass is 35.5. The van der Waals surface area contributed by atoms with Gasteiger partial charge in [-0.2, -0.15) is 10.4 Å². The Bertz CT molecular complexity index is 1120. The second-order valence-corrected chi connectivity index (χ2v) is 9.28. The first-order chi connectivity index (χ1) is 13.7. The molecule has 0 spiro atoms. The van der Waals surface area contributed by atoms with Crippen LogP contribution in [0, 0.1) is 11.3 Å². The standard InChI is InChI=1S/C19H19ClN6O2S/c1-18(2,3)28-17(27)25-10-19(11-25,5-6-21)26-9-12(8-22-26)14-13-4-7-29-15(13)24-16(20)23-14/h4,7-9H,5,10-11H2,1-3H3. The van der Waals surface area contributed by atoms with Gasteiger partial charge in [-0.3, -0.25) is 4.68 Å². The van der Waals surface area contributed by atoms with Crippen LogP contribution in [0.5, 0.6) is 0 Å². The molecule has 0 unspecified atom stereocenters. The summed E-state index contributed by atoms with van der Waals surface area (Å²) in [6.07, 6.45) is 3.39. The molecule has 3 aromatic rings. The molecule has 150 valence electrons. The van der Waals surface area contributed by atoms with E-state index in [1.54, 1.807) is 15.8 Å². The van der Waals surface area contributed by atoms with Crippen LogP contribution in [0.3, 0.4) is 0 Å². The van der Waals surface area contributed by atoms with Crippen LogP contribution in [-0.4, -0.2) is 49.4 Å². The van der Waals surface area contributed by atoms with E-state index in [4.69, 9.17) is 16.3 Å². The van der Waals surface area contributed by atoms with Crippen LogP contribution in [0.1, 0.15) is 27.2 Å². The molecule has 0 bridgehead atoms. The van der Waals surface area contributed by atoms with Crippen molar-refractivity contribution < 1.29 is 9.53 Å². The van der Waals surface area contributed by atoms with Gasteiger partial charge in [-0.05, 0) is 43.8 Å². The summed E-state index contributed by atoms with van der Waals surface area (Å²) in [6, 6.07) is 4.16. The molecule has 0 aliphatic carbocycles. The number of ether oxygens (including phenoxy) is 1. The molecule has 29 heavy (non-hydrogen) atoms. The van der Waals surface area contributed by atoms with E-state index >= 15 is 0 Å². The molecule has 0 radical (unpaired) electrons. The predicted molar refractivity (Wildman–Crippen MR) is 110 cm³/mol. The van der Waals surface area contributed by atoms with Gasteiger partial charge in [-0.15, -0.1) is 11.3 Å². The Morgan fingerprint density at radius 1 is 1.41 bits per heavy atom. The Kier molecular flexibility index (Phi) is 4.71. The molecule has 1 amide bonds. The predicted octanol–water partition coefficient (Wildman–Crippen LogP) is 4.07. The van der Waals surface area contributed by atoms with Gasteiger partial charge in [-0.1, -0.05) is 0 Å². The zero-order valence-electron chi connectivity index (χ0n) is 16.2. The van der Waals surface area contributed by atoms with Gasteiger partial charge in [0.15, 0.2) is 0 Å². The lowest BCUT2D eigenvalue weighted by atomic mass is 9.87. The highest BCUT2D eigenvalue weighted by Gasteiger charge is 2.48. The lowest BCUT2D eigenvalue weighted by Gasteiger charge is -2.48. The number of fused-ring (bicyclic) bond motifs is 1. The highest BCUT2D eigenvalue weighted by molar-refractivity contribution is 7.16. The van der Waals surface area contributed by atoms with Crippen LogP contribution in [0.15, 0.2) is 23.8 Å². The zero-order valence-corrected chi connectivity index (χ0v) is 17.8. The average molecular weight is 431 g/mol. The molecule has 8 nitrogen and oxygen atoms in total. The molecule has 0 saturated carbocycles. The van der Waals surface area contributed by atoms with Crippen LogP contribution in [0.4, 0.5) is 4.79 Å². The Morgan fingerprint density at radius 3 is 2.86 bits per heavy atom. The third-order valence-electron chi connectivity index (χ3n) is 4.67. The van der Waals surface area contributed by atoms with Crippen LogP contribution in [-0.2, 0) is 10.3 Å². The summed E-state index contributed by atoms with van der Waals surface area (Å²) in [5.41, 5.74) is 0.324. The maximum Gasteiger partial charge on any atom is 0.410 e. The number of nitriles is 1. The number of amides is 1. The van der Waals surface area contributed by atoms with E-state index in [0.29, 0.717) is 18.8 Å². The molecule has 4 heterocycles. The van der Waals surface area contributed by atoms with Gasteiger partial charge in [-0.25, -0.2) is 14.8 Å². The van der Waals surface area contributed by atoms with Gasteiger partial charge < -0.3 is 9.64 Å². The number of aromatic nitrogens is 4. The molecule has 1 fully saturated rings. The van der Waals surface area contributed by atoms with Crippen LogP contribution in [0.2, 0.25) is 5.28 Å². The van der Waals surface area contributed by atoms with Crippen molar-refractivity contribution in [1.29, 1.82) is 5.26 Å². The van der Waals surface area contributed by atoms with E-state index in [0.717, 1.165) is 15.8 Å². The molecular formula is C19H19ClN6O2S. The third-order valence-corrected chi connectivity index (χ3v) is 5.65. The van der Waals surface area contributed by atoms with Crippen LogP contribution < -0.4 is 0 Å². The third kappa shape index (κ3) is 3.66. The fourth-order valence-electron chi connectivity index (χ4n) is 3.36. The number of rotatable bonds is 3. The maximum absolute atomic E-state index is 12.3. The van der Waals surface area contributed by atoms with Gasteiger partial charge in [0.25, 0.3) is 0 Å². The number of likely N-dealkylation sites (tertiary alicyclic amines) is 1. The maximum atomic E-state index is 12.3. The van der Waals surface area contributed by atoms with Gasteiger partial charge >= 0.3 is 6.09 Å². The summed E-state index contributed by atoms with van der Waals surface area (Å²) in [5.74, 6) is 0. The largest absolute Gasteiger partial charge is 0.444 e. The zero-order chi connectivity index (χ0) is 20.8. The number of carbonyl (C=O) groups excluding carboxylic acids is 1. The van der Waals surface area contributed by atoms with Crippen molar-refractivity contribution in [3.05, 3.63) is 29.1 Å². The van der Waals surface area contributed by atoms with E-state index in [-0.39, 0.29) is 17.8 Å². The van der Waals surface area contributed by atoms with Crippen LogP contribution >= 0.6 is 22.9 Å². The number of nitrogens with zero attached hydrogens (tertiary/aromatic N) is 6. The van der Waals surface area contributed by atoms with Crippen molar-refractivity contribution in [2.24, 2.45) is 0 Å². The number of halogens is 1. The van der Waals surface area contributed by atoms with E-state index in [1.807, 2.05) is 38.4 Å². The minimum Gasteiger partial charge on any atom is -0.444 e. The molecule has 4 rings (SSSR count). The summed E-state index contributed by atoms with van der Waals surface area (Å²) in [6.45, 7) is 6.19. The first-order valence-corrected chi connectivity index (χ1v) is 10.3. The molecule has 3 aromatic heterocycles. The van der Waals surface area contributed by atoms with Gasteiger partial charge in [0.05, 0.1) is 37.5 Å². The van der Waals surface area contributed by atoms with Crippen molar-refractivity contribution in [2.75, 3.05) is 13.1 Å². The lowest BCUT2D eigenvalue weighted by molar-refractivity contribution is -0.0314.